The first kappa shape index (κ1) is 18.4. The number of Topliss-reactive ketones (excluding diaryl/α,β-unsaturated/α-hetero) is 1. The van der Waals surface area contributed by atoms with Crippen molar-refractivity contribution in [2.75, 3.05) is 5.75 Å². The molecular weight excluding hydrogens is 376 g/mol. The van der Waals surface area contributed by atoms with Gasteiger partial charge in [-0.3, -0.25) is 14.2 Å². The average molecular weight is 399 g/mol. The van der Waals surface area contributed by atoms with Crippen molar-refractivity contribution in [1.82, 2.24) is 9.55 Å². The standard InChI is InChI=1S/C21H22N2O2S2/c1-2-15-11-12-19(27-15)18(24)13-26-21-22-17-10-6-5-9-16(17)20(25)23(21)14-7-3-4-8-14/h5-6,9-12,14H,2-4,7-8,13H2,1H3. The number of thiophene rings is 1. The molecule has 0 bridgehead atoms. The lowest BCUT2D eigenvalue weighted by molar-refractivity contribution is 0.102. The molecule has 6 heteroatoms. The van der Waals surface area contributed by atoms with Gasteiger partial charge in [-0.05, 0) is 43.5 Å². The van der Waals surface area contributed by atoms with Gasteiger partial charge in [0.25, 0.3) is 5.56 Å². The fourth-order valence-corrected chi connectivity index (χ4v) is 5.56. The van der Waals surface area contributed by atoms with Crippen LogP contribution in [0.3, 0.4) is 0 Å². The van der Waals surface area contributed by atoms with Gasteiger partial charge in [0.1, 0.15) is 0 Å². The summed E-state index contributed by atoms with van der Waals surface area (Å²) in [6, 6.07) is 11.6. The number of aromatic nitrogens is 2. The average Bonchev–Trinajstić information content (AvgIpc) is 3.38. The highest BCUT2D eigenvalue weighted by atomic mass is 32.2. The van der Waals surface area contributed by atoms with E-state index in [9.17, 15) is 9.59 Å². The number of nitrogens with zero attached hydrogens (tertiary/aromatic N) is 2. The molecule has 2 heterocycles. The highest BCUT2D eigenvalue weighted by Gasteiger charge is 2.23. The van der Waals surface area contributed by atoms with Crippen LogP contribution >= 0.6 is 23.1 Å². The predicted octanol–water partition coefficient (Wildman–Crippen LogP) is 5.11. The molecule has 1 aliphatic rings. The van der Waals surface area contributed by atoms with Crippen molar-refractivity contribution in [2.24, 2.45) is 0 Å². The maximum absolute atomic E-state index is 13.1. The van der Waals surface area contributed by atoms with Gasteiger partial charge in [0, 0.05) is 10.9 Å². The zero-order valence-corrected chi connectivity index (χ0v) is 16.9. The minimum atomic E-state index is 0.0202. The second kappa shape index (κ2) is 7.98. The molecule has 4 rings (SSSR count). The summed E-state index contributed by atoms with van der Waals surface area (Å²) in [7, 11) is 0. The summed E-state index contributed by atoms with van der Waals surface area (Å²) in [6.45, 7) is 2.09. The molecule has 0 unspecified atom stereocenters. The molecule has 1 aliphatic carbocycles. The summed E-state index contributed by atoms with van der Waals surface area (Å²) in [5, 5.41) is 1.33. The minimum Gasteiger partial charge on any atom is -0.292 e. The Bertz CT molecular complexity index is 1030. The van der Waals surface area contributed by atoms with Crippen LogP contribution in [-0.2, 0) is 6.42 Å². The van der Waals surface area contributed by atoms with E-state index in [1.165, 1.54) is 16.6 Å². The second-order valence-corrected chi connectivity index (χ2v) is 8.97. The van der Waals surface area contributed by atoms with E-state index in [-0.39, 0.29) is 17.4 Å². The van der Waals surface area contributed by atoms with Gasteiger partial charge < -0.3 is 0 Å². The molecule has 1 fully saturated rings. The van der Waals surface area contributed by atoms with E-state index >= 15 is 0 Å². The Balaban J connectivity index is 1.66. The zero-order valence-electron chi connectivity index (χ0n) is 15.3. The van der Waals surface area contributed by atoms with Gasteiger partial charge in [0.05, 0.1) is 21.5 Å². The summed E-state index contributed by atoms with van der Waals surface area (Å²) < 4.78 is 1.85. The predicted molar refractivity (Wildman–Crippen MR) is 112 cm³/mol. The first-order valence-corrected chi connectivity index (χ1v) is 11.2. The van der Waals surface area contributed by atoms with Crippen molar-refractivity contribution in [3.8, 4) is 0 Å². The largest absolute Gasteiger partial charge is 0.292 e. The van der Waals surface area contributed by atoms with Crippen molar-refractivity contribution < 1.29 is 4.79 Å². The van der Waals surface area contributed by atoms with Crippen LogP contribution in [0.5, 0.6) is 0 Å². The number of hydrogen-bond donors (Lipinski definition) is 0. The molecule has 0 radical (unpaired) electrons. The van der Waals surface area contributed by atoms with Gasteiger partial charge in [0.15, 0.2) is 10.9 Å². The van der Waals surface area contributed by atoms with E-state index in [4.69, 9.17) is 4.98 Å². The van der Waals surface area contributed by atoms with Crippen molar-refractivity contribution >= 4 is 39.8 Å². The minimum absolute atomic E-state index is 0.0202. The maximum atomic E-state index is 13.1. The number of benzene rings is 1. The van der Waals surface area contributed by atoms with Crippen LogP contribution in [0, 0.1) is 0 Å². The van der Waals surface area contributed by atoms with Gasteiger partial charge in [-0.1, -0.05) is 43.7 Å². The molecule has 0 aliphatic heterocycles. The Morgan fingerprint density at radius 1 is 1.22 bits per heavy atom. The Hall–Kier alpha value is -1.92. The van der Waals surface area contributed by atoms with Gasteiger partial charge in [-0.25, -0.2) is 4.98 Å². The summed E-state index contributed by atoms with van der Waals surface area (Å²) in [5.41, 5.74) is 0.725. The molecule has 1 saturated carbocycles. The van der Waals surface area contributed by atoms with Crippen molar-refractivity contribution in [3.63, 3.8) is 0 Å². The third kappa shape index (κ3) is 3.73. The van der Waals surface area contributed by atoms with E-state index in [2.05, 4.69) is 6.92 Å². The van der Waals surface area contributed by atoms with Crippen LogP contribution in [0.25, 0.3) is 10.9 Å². The lowest BCUT2D eigenvalue weighted by Crippen LogP contribution is -2.26. The van der Waals surface area contributed by atoms with Crippen molar-refractivity contribution in [3.05, 3.63) is 56.5 Å². The van der Waals surface area contributed by atoms with Gasteiger partial charge in [-0.2, -0.15) is 0 Å². The van der Waals surface area contributed by atoms with Crippen LogP contribution in [0.4, 0.5) is 0 Å². The zero-order chi connectivity index (χ0) is 18.8. The number of aryl methyl sites for hydroxylation is 1. The lowest BCUT2D eigenvalue weighted by atomic mass is 10.2. The van der Waals surface area contributed by atoms with Crippen LogP contribution in [-0.4, -0.2) is 21.1 Å². The van der Waals surface area contributed by atoms with Crippen molar-refractivity contribution in [2.45, 2.75) is 50.2 Å². The molecule has 27 heavy (non-hydrogen) atoms. The van der Waals surface area contributed by atoms with Crippen LogP contribution < -0.4 is 5.56 Å². The summed E-state index contributed by atoms with van der Waals surface area (Å²) in [4.78, 5) is 32.5. The molecule has 0 spiro atoms. The van der Waals surface area contributed by atoms with Gasteiger partial charge in [0.2, 0.25) is 0 Å². The third-order valence-electron chi connectivity index (χ3n) is 5.08. The third-order valence-corrected chi connectivity index (χ3v) is 7.31. The highest BCUT2D eigenvalue weighted by Crippen LogP contribution is 2.32. The fraction of sp³-hybridized carbons (Fsp3) is 0.381. The molecule has 0 atom stereocenters. The lowest BCUT2D eigenvalue weighted by Gasteiger charge is -2.18. The molecule has 0 N–H and O–H groups in total. The topological polar surface area (TPSA) is 52.0 Å². The quantitative estimate of drug-likeness (QED) is 0.329. The first-order valence-electron chi connectivity index (χ1n) is 9.43. The van der Waals surface area contributed by atoms with Gasteiger partial charge in [-0.15, -0.1) is 11.3 Å². The van der Waals surface area contributed by atoms with Crippen LogP contribution in [0.1, 0.15) is 53.2 Å². The summed E-state index contributed by atoms with van der Waals surface area (Å²) in [5.74, 6) is 0.409. The normalized spacial score (nSPS) is 14.9. The Morgan fingerprint density at radius 3 is 2.74 bits per heavy atom. The van der Waals surface area contributed by atoms with E-state index in [1.807, 2.05) is 41.0 Å². The molecule has 4 nitrogen and oxygen atoms in total. The van der Waals surface area contributed by atoms with Crippen molar-refractivity contribution in [1.29, 1.82) is 0 Å². The number of ketones is 1. The number of rotatable bonds is 6. The molecular formula is C21H22N2O2S2. The molecule has 1 aromatic carbocycles. The maximum Gasteiger partial charge on any atom is 0.262 e. The molecule has 140 valence electrons. The fourth-order valence-electron chi connectivity index (χ4n) is 3.63. The smallest absolute Gasteiger partial charge is 0.262 e. The highest BCUT2D eigenvalue weighted by molar-refractivity contribution is 7.99. The van der Waals surface area contributed by atoms with Gasteiger partial charge >= 0.3 is 0 Å². The number of carbonyl (C=O) groups is 1. The Morgan fingerprint density at radius 2 is 2.00 bits per heavy atom. The molecule has 0 amide bonds. The number of fused-ring (bicyclic) bond motifs is 1. The van der Waals surface area contributed by atoms with E-state index < -0.39 is 0 Å². The molecule has 0 saturated heterocycles. The van der Waals surface area contributed by atoms with E-state index in [0.717, 1.165) is 37.0 Å². The molecule has 3 aromatic rings. The molecule has 2 aromatic heterocycles. The Labute approximate surface area is 166 Å². The van der Waals surface area contributed by atoms with E-state index in [1.54, 1.807) is 11.3 Å². The summed E-state index contributed by atoms with van der Waals surface area (Å²) >= 11 is 2.95. The Kier molecular flexibility index (Phi) is 5.45. The number of para-hydroxylation sites is 1. The number of hydrogen-bond acceptors (Lipinski definition) is 5. The SMILES string of the molecule is CCc1ccc(C(=O)CSc2nc3ccccc3c(=O)n2C2CCCC2)s1. The monoisotopic (exact) mass is 398 g/mol. The number of thioether (sulfide) groups is 1. The number of carbonyl (C=O) groups excluding carboxylic acids is 1. The van der Waals surface area contributed by atoms with Crippen LogP contribution in [0.15, 0.2) is 46.3 Å². The summed E-state index contributed by atoms with van der Waals surface area (Å²) in [6.07, 6.45) is 5.24. The van der Waals surface area contributed by atoms with E-state index in [0.29, 0.717) is 21.8 Å². The van der Waals surface area contributed by atoms with Crippen LogP contribution in [0.2, 0.25) is 0 Å². The second-order valence-electron chi connectivity index (χ2n) is 6.86. The first-order chi connectivity index (χ1) is 13.2.